The van der Waals surface area contributed by atoms with E-state index in [0.717, 1.165) is 31.2 Å². The molecule has 0 aliphatic carbocycles. The second-order valence-electron chi connectivity index (χ2n) is 5.89. The Morgan fingerprint density at radius 1 is 1.25 bits per heavy atom. The molecule has 0 bridgehead atoms. The van der Waals surface area contributed by atoms with Crippen LogP contribution in [-0.2, 0) is 0 Å². The fourth-order valence-corrected chi connectivity index (χ4v) is 2.95. The first-order chi connectivity index (χ1) is 9.04. The van der Waals surface area contributed by atoms with Crippen molar-refractivity contribution in [1.29, 1.82) is 0 Å². The van der Waals surface area contributed by atoms with E-state index in [4.69, 9.17) is 11.6 Å². The number of rotatable bonds is 4. The normalized spacial score (nSPS) is 18.4. The van der Waals surface area contributed by atoms with Crippen molar-refractivity contribution in [2.75, 3.05) is 32.8 Å². The largest absolute Gasteiger partial charge is 0.396 e. The lowest BCUT2D eigenvalue weighted by molar-refractivity contribution is 0.0305. The molecule has 1 aliphatic heterocycles. The van der Waals surface area contributed by atoms with Gasteiger partial charge in [0.1, 0.15) is 0 Å². The van der Waals surface area contributed by atoms with Crippen LogP contribution in [0.1, 0.15) is 25.5 Å². The Morgan fingerprint density at radius 2 is 1.80 bits per heavy atom. The van der Waals surface area contributed by atoms with E-state index in [1.54, 1.807) is 0 Å². The predicted octanol–water partition coefficient (Wildman–Crippen LogP) is 2.73. The fourth-order valence-electron chi connectivity index (χ4n) is 2.83. The Kier molecular flexibility index (Phi) is 6.76. The number of benzene rings is 1. The quantitative estimate of drug-likeness (QED) is 0.896. The Labute approximate surface area is 132 Å². The van der Waals surface area contributed by atoms with Gasteiger partial charge >= 0.3 is 0 Å². The van der Waals surface area contributed by atoms with E-state index in [1.165, 1.54) is 5.56 Å². The van der Waals surface area contributed by atoms with Crippen molar-refractivity contribution in [3.8, 4) is 0 Å². The summed E-state index contributed by atoms with van der Waals surface area (Å²) in [6.07, 6.45) is 0. The highest BCUT2D eigenvalue weighted by Crippen LogP contribution is 2.38. The molecule has 2 N–H and O–H groups in total. The van der Waals surface area contributed by atoms with Gasteiger partial charge in [0.05, 0.1) is 0 Å². The van der Waals surface area contributed by atoms with E-state index >= 15 is 0 Å². The first kappa shape index (κ1) is 17.7. The molecule has 0 radical (unpaired) electrons. The minimum atomic E-state index is -0.175. The molecule has 1 atom stereocenters. The molecule has 0 unspecified atom stereocenters. The first-order valence-electron chi connectivity index (χ1n) is 6.86. The zero-order valence-electron chi connectivity index (χ0n) is 12.1. The molecule has 2 rings (SSSR count). The molecule has 20 heavy (non-hydrogen) atoms. The number of aliphatic hydroxyl groups is 1. The van der Waals surface area contributed by atoms with Gasteiger partial charge in [-0.05, 0) is 17.7 Å². The zero-order chi connectivity index (χ0) is 13.9. The number of hydrogen-bond acceptors (Lipinski definition) is 3. The third-order valence-corrected chi connectivity index (χ3v) is 4.10. The summed E-state index contributed by atoms with van der Waals surface area (Å²) in [7, 11) is 0. The van der Waals surface area contributed by atoms with Crippen LogP contribution in [-0.4, -0.2) is 42.8 Å². The van der Waals surface area contributed by atoms with Crippen molar-refractivity contribution in [2.45, 2.75) is 19.9 Å². The fraction of sp³-hybridized carbons (Fsp3) is 0.600. The highest BCUT2D eigenvalue weighted by Gasteiger charge is 2.35. The zero-order valence-corrected chi connectivity index (χ0v) is 13.7. The average Bonchev–Trinajstić information content (AvgIpc) is 2.42. The highest BCUT2D eigenvalue weighted by atomic mass is 35.5. The maximum atomic E-state index is 9.74. The van der Waals surface area contributed by atoms with Crippen molar-refractivity contribution < 1.29 is 5.11 Å². The molecular formula is C15H24Cl2N2O. The van der Waals surface area contributed by atoms with E-state index in [-0.39, 0.29) is 30.5 Å². The Balaban J connectivity index is 0.00000200. The van der Waals surface area contributed by atoms with Crippen LogP contribution in [0.5, 0.6) is 0 Å². The standard InChI is InChI=1S/C15H23ClN2O.ClH/c1-15(2,11-19)14(18-9-7-17-8-10-18)12-3-5-13(16)6-4-12;/h3-6,14,17,19H,7-11H2,1-2H3;1H/t14-;/m0./s1. The van der Waals surface area contributed by atoms with Gasteiger partial charge in [-0.3, -0.25) is 4.90 Å². The number of nitrogens with zero attached hydrogens (tertiary/aromatic N) is 1. The van der Waals surface area contributed by atoms with Gasteiger partial charge in [-0.25, -0.2) is 0 Å². The van der Waals surface area contributed by atoms with Gasteiger partial charge in [0.15, 0.2) is 0 Å². The van der Waals surface area contributed by atoms with Crippen LogP contribution in [0.15, 0.2) is 24.3 Å². The predicted molar refractivity (Wildman–Crippen MR) is 86.8 cm³/mol. The van der Waals surface area contributed by atoms with Crippen LogP contribution in [0.3, 0.4) is 0 Å². The van der Waals surface area contributed by atoms with Crippen LogP contribution < -0.4 is 5.32 Å². The molecule has 1 heterocycles. The second-order valence-corrected chi connectivity index (χ2v) is 6.32. The maximum absolute atomic E-state index is 9.74. The van der Waals surface area contributed by atoms with E-state index in [0.29, 0.717) is 0 Å². The summed E-state index contributed by atoms with van der Waals surface area (Å²) >= 11 is 5.98. The summed E-state index contributed by atoms with van der Waals surface area (Å²) in [6.45, 7) is 8.44. The molecular weight excluding hydrogens is 295 g/mol. The van der Waals surface area contributed by atoms with Gasteiger partial charge in [0, 0.05) is 49.3 Å². The summed E-state index contributed by atoms with van der Waals surface area (Å²) in [5.41, 5.74) is 1.05. The highest BCUT2D eigenvalue weighted by molar-refractivity contribution is 6.30. The van der Waals surface area contributed by atoms with E-state index < -0.39 is 0 Å². The molecule has 1 aromatic carbocycles. The van der Waals surface area contributed by atoms with Crippen molar-refractivity contribution in [3.05, 3.63) is 34.9 Å². The molecule has 0 aromatic heterocycles. The third kappa shape index (κ3) is 4.09. The SMILES string of the molecule is CC(C)(CO)[C@H](c1ccc(Cl)cc1)N1CCNCC1.Cl. The van der Waals surface area contributed by atoms with Crippen LogP contribution in [0.4, 0.5) is 0 Å². The molecule has 1 aromatic rings. The smallest absolute Gasteiger partial charge is 0.0500 e. The lowest BCUT2D eigenvalue weighted by Crippen LogP contribution is -2.49. The Hall–Kier alpha value is -0.320. The van der Waals surface area contributed by atoms with Crippen molar-refractivity contribution in [2.24, 2.45) is 5.41 Å². The van der Waals surface area contributed by atoms with Crippen molar-refractivity contribution >= 4 is 24.0 Å². The summed E-state index contributed by atoms with van der Waals surface area (Å²) in [5.74, 6) is 0. The Bertz CT molecular complexity index is 403. The Morgan fingerprint density at radius 3 is 2.30 bits per heavy atom. The summed E-state index contributed by atoms with van der Waals surface area (Å²) in [4.78, 5) is 2.45. The molecule has 0 amide bonds. The van der Waals surface area contributed by atoms with E-state index in [1.807, 2.05) is 12.1 Å². The average molecular weight is 319 g/mol. The monoisotopic (exact) mass is 318 g/mol. The molecule has 0 spiro atoms. The topological polar surface area (TPSA) is 35.5 Å². The minimum Gasteiger partial charge on any atom is -0.396 e. The number of hydrogen-bond donors (Lipinski definition) is 2. The molecule has 3 nitrogen and oxygen atoms in total. The molecule has 114 valence electrons. The second kappa shape index (κ2) is 7.62. The lowest BCUT2D eigenvalue weighted by atomic mass is 9.80. The van der Waals surface area contributed by atoms with Crippen LogP contribution in [0, 0.1) is 5.41 Å². The molecule has 1 saturated heterocycles. The minimum absolute atomic E-state index is 0. The lowest BCUT2D eigenvalue weighted by Gasteiger charge is -2.43. The van der Waals surface area contributed by atoms with Crippen LogP contribution in [0.25, 0.3) is 0 Å². The van der Waals surface area contributed by atoms with Crippen LogP contribution >= 0.6 is 24.0 Å². The van der Waals surface area contributed by atoms with Gasteiger partial charge in [-0.2, -0.15) is 0 Å². The van der Waals surface area contributed by atoms with E-state index in [9.17, 15) is 5.11 Å². The maximum Gasteiger partial charge on any atom is 0.0500 e. The molecule has 1 aliphatic rings. The van der Waals surface area contributed by atoms with Gasteiger partial charge in [0.25, 0.3) is 0 Å². The molecule has 5 heteroatoms. The van der Waals surface area contributed by atoms with Crippen LogP contribution in [0.2, 0.25) is 5.02 Å². The van der Waals surface area contributed by atoms with Gasteiger partial charge in [-0.15, -0.1) is 12.4 Å². The third-order valence-electron chi connectivity index (χ3n) is 3.85. The summed E-state index contributed by atoms with van der Waals surface area (Å²) < 4.78 is 0. The van der Waals surface area contributed by atoms with Crippen molar-refractivity contribution in [3.63, 3.8) is 0 Å². The number of halogens is 2. The number of aliphatic hydroxyl groups excluding tert-OH is 1. The summed E-state index contributed by atoms with van der Waals surface area (Å²) in [6, 6.07) is 8.23. The van der Waals surface area contributed by atoms with Crippen molar-refractivity contribution in [1.82, 2.24) is 10.2 Å². The molecule has 0 saturated carbocycles. The van der Waals surface area contributed by atoms with E-state index in [2.05, 4.69) is 36.2 Å². The number of piperazine rings is 1. The van der Waals surface area contributed by atoms with Gasteiger partial charge < -0.3 is 10.4 Å². The van der Waals surface area contributed by atoms with Gasteiger partial charge in [0.2, 0.25) is 0 Å². The summed E-state index contributed by atoms with van der Waals surface area (Å²) in [5, 5.41) is 13.9. The number of nitrogens with one attached hydrogen (secondary N) is 1. The van der Waals surface area contributed by atoms with Gasteiger partial charge in [-0.1, -0.05) is 37.6 Å². The first-order valence-corrected chi connectivity index (χ1v) is 7.23. The molecule has 1 fully saturated rings.